The number of amides is 2. The van der Waals surface area contributed by atoms with Crippen molar-refractivity contribution in [1.29, 1.82) is 0 Å². The van der Waals surface area contributed by atoms with E-state index in [9.17, 15) is 24.5 Å². The van der Waals surface area contributed by atoms with Gasteiger partial charge in [-0.05, 0) is 31.2 Å². The first-order valence-electron chi connectivity index (χ1n) is 10.6. The highest BCUT2D eigenvalue weighted by Crippen LogP contribution is 2.50. The predicted octanol–water partition coefficient (Wildman–Crippen LogP) is 2.59. The van der Waals surface area contributed by atoms with E-state index < -0.39 is 40.7 Å². The van der Waals surface area contributed by atoms with Gasteiger partial charge in [-0.3, -0.25) is 24.5 Å². The van der Waals surface area contributed by atoms with Gasteiger partial charge in [0.15, 0.2) is 5.78 Å². The number of ether oxygens (including phenoxy) is 2. The first-order chi connectivity index (χ1) is 16.3. The lowest BCUT2D eigenvalue weighted by Gasteiger charge is -2.36. The molecule has 5 rings (SSSR count). The number of ketones is 1. The summed E-state index contributed by atoms with van der Waals surface area (Å²) >= 11 is 0. The monoisotopic (exact) mass is 463 g/mol. The van der Waals surface area contributed by atoms with E-state index in [2.05, 4.69) is 0 Å². The maximum atomic E-state index is 13.7. The normalized spacial score (nSPS) is 24.6. The second kappa shape index (κ2) is 7.68. The molecule has 0 bridgehead atoms. The molecular formula is C24H21N3O7. The first-order valence-corrected chi connectivity index (χ1v) is 10.6. The fourth-order valence-electron chi connectivity index (χ4n) is 5.34. The van der Waals surface area contributed by atoms with Crippen molar-refractivity contribution in [2.75, 3.05) is 24.0 Å². The number of carbonyl (C=O) groups is 3. The number of hydrogen-bond acceptors (Lipinski definition) is 8. The number of nitro groups is 1. The number of carbonyl (C=O) groups excluding carboxylic acids is 3. The van der Waals surface area contributed by atoms with Gasteiger partial charge < -0.3 is 14.4 Å². The summed E-state index contributed by atoms with van der Waals surface area (Å²) in [5.41, 5.74) is 1.28. The molecule has 10 nitrogen and oxygen atoms in total. The molecule has 0 aliphatic carbocycles. The van der Waals surface area contributed by atoms with E-state index >= 15 is 0 Å². The number of anilines is 2. The van der Waals surface area contributed by atoms with Gasteiger partial charge in [0, 0.05) is 23.4 Å². The fraction of sp³-hybridized carbons (Fsp3) is 0.292. The third kappa shape index (κ3) is 2.91. The molecule has 4 atom stereocenters. The molecule has 34 heavy (non-hydrogen) atoms. The Bertz CT molecular complexity index is 1290. The highest BCUT2D eigenvalue weighted by molar-refractivity contribution is 6.25. The zero-order chi connectivity index (χ0) is 24.3. The Kier molecular flexibility index (Phi) is 4.89. The average Bonchev–Trinajstić information content (AvgIpc) is 3.31. The molecule has 3 heterocycles. The van der Waals surface area contributed by atoms with Crippen molar-refractivity contribution >= 4 is 40.7 Å². The summed E-state index contributed by atoms with van der Waals surface area (Å²) in [6.07, 6.45) is 3.68. The molecule has 2 amide bonds. The Morgan fingerprint density at radius 3 is 2.38 bits per heavy atom. The molecule has 0 unspecified atom stereocenters. The molecule has 2 saturated heterocycles. The number of non-ortho nitro benzene ring substituents is 1. The van der Waals surface area contributed by atoms with Gasteiger partial charge in [-0.15, -0.1) is 0 Å². The second-order valence-corrected chi connectivity index (χ2v) is 8.41. The van der Waals surface area contributed by atoms with Crippen LogP contribution >= 0.6 is 0 Å². The highest BCUT2D eigenvalue weighted by atomic mass is 16.6. The number of benzene rings is 2. The van der Waals surface area contributed by atoms with Crippen molar-refractivity contribution < 1.29 is 28.8 Å². The van der Waals surface area contributed by atoms with Gasteiger partial charge in [-0.25, -0.2) is 4.90 Å². The van der Waals surface area contributed by atoms with Crippen molar-refractivity contribution in [3.05, 3.63) is 58.2 Å². The van der Waals surface area contributed by atoms with E-state index in [1.807, 2.05) is 29.2 Å². The predicted molar refractivity (Wildman–Crippen MR) is 122 cm³/mol. The number of nitrogens with zero attached hydrogens (tertiary/aromatic N) is 3. The zero-order valence-electron chi connectivity index (χ0n) is 18.6. The zero-order valence-corrected chi connectivity index (χ0v) is 18.6. The van der Waals surface area contributed by atoms with Crippen molar-refractivity contribution in [2.24, 2.45) is 11.8 Å². The van der Waals surface area contributed by atoms with E-state index in [-0.39, 0.29) is 22.9 Å². The Labute approximate surface area is 194 Å². The lowest BCUT2D eigenvalue weighted by molar-refractivity contribution is -0.384. The molecule has 0 N–H and O–H groups in total. The smallest absolute Gasteiger partial charge is 0.271 e. The number of imide groups is 1. The highest BCUT2D eigenvalue weighted by Gasteiger charge is 2.64. The minimum atomic E-state index is -0.934. The van der Waals surface area contributed by atoms with Crippen LogP contribution in [0.2, 0.25) is 0 Å². The minimum Gasteiger partial charge on any atom is -0.497 e. The minimum absolute atomic E-state index is 0.000113. The summed E-state index contributed by atoms with van der Waals surface area (Å²) in [7, 11) is 2.91. The van der Waals surface area contributed by atoms with Gasteiger partial charge in [0.1, 0.15) is 23.2 Å². The number of nitro benzene ring substituents is 1. The molecule has 174 valence electrons. The van der Waals surface area contributed by atoms with Crippen LogP contribution in [0, 0.1) is 22.0 Å². The van der Waals surface area contributed by atoms with E-state index in [0.717, 1.165) is 22.2 Å². The Morgan fingerprint density at radius 1 is 1.00 bits per heavy atom. The van der Waals surface area contributed by atoms with E-state index in [4.69, 9.17) is 9.47 Å². The van der Waals surface area contributed by atoms with Gasteiger partial charge in [0.25, 0.3) is 5.69 Å². The molecule has 0 aromatic heterocycles. The van der Waals surface area contributed by atoms with E-state index in [1.165, 1.54) is 26.2 Å². The van der Waals surface area contributed by atoms with E-state index in [0.29, 0.717) is 5.75 Å². The van der Waals surface area contributed by atoms with Crippen molar-refractivity contribution in [3.63, 3.8) is 0 Å². The molecule has 2 aromatic rings. The SMILES string of the molecule is COc1ccc2c(c1)C=C[C@@H]1[C@H]3C(=O)N(c4cc([N+](=O)[O-])ccc4OC)C(=O)[C@@H]3[C@@H](C(C)=O)N21. The van der Waals surface area contributed by atoms with Crippen LogP contribution in [-0.4, -0.2) is 48.8 Å². The quantitative estimate of drug-likeness (QED) is 0.377. The lowest BCUT2D eigenvalue weighted by Crippen LogP contribution is -2.48. The molecule has 0 radical (unpaired) electrons. The van der Waals surface area contributed by atoms with Crippen LogP contribution in [0.5, 0.6) is 11.5 Å². The molecule has 10 heteroatoms. The van der Waals surface area contributed by atoms with Crippen LogP contribution in [0.3, 0.4) is 0 Å². The third-order valence-corrected chi connectivity index (χ3v) is 6.74. The van der Waals surface area contributed by atoms with Crippen LogP contribution < -0.4 is 19.3 Å². The number of methoxy groups -OCH3 is 2. The molecular weight excluding hydrogens is 442 g/mol. The second-order valence-electron chi connectivity index (χ2n) is 8.41. The Balaban J connectivity index is 1.62. The molecule has 2 aromatic carbocycles. The van der Waals surface area contributed by atoms with Gasteiger partial charge in [-0.1, -0.05) is 12.2 Å². The van der Waals surface area contributed by atoms with Crippen LogP contribution in [0.4, 0.5) is 17.1 Å². The van der Waals surface area contributed by atoms with Gasteiger partial charge >= 0.3 is 0 Å². The van der Waals surface area contributed by atoms with E-state index in [1.54, 1.807) is 13.2 Å². The molecule has 3 aliphatic heterocycles. The lowest BCUT2D eigenvalue weighted by atomic mass is 9.88. The fourth-order valence-corrected chi connectivity index (χ4v) is 5.34. The van der Waals surface area contributed by atoms with Crippen LogP contribution in [0.1, 0.15) is 12.5 Å². The molecule has 0 spiro atoms. The van der Waals surface area contributed by atoms with Crippen LogP contribution in [0.25, 0.3) is 6.08 Å². The summed E-state index contributed by atoms with van der Waals surface area (Å²) < 4.78 is 10.6. The number of rotatable bonds is 5. The van der Waals surface area contributed by atoms with Gasteiger partial charge in [0.05, 0.1) is 37.0 Å². The summed E-state index contributed by atoms with van der Waals surface area (Å²) in [5, 5.41) is 11.3. The Hall–Kier alpha value is -4.21. The number of fused-ring (bicyclic) bond motifs is 5. The van der Waals surface area contributed by atoms with Crippen molar-refractivity contribution in [1.82, 2.24) is 0 Å². The van der Waals surface area contributed by atoms with Crippen molar-refractivity contribution in [2.45, 2.75) is 19.0 Å². The van der Waals surface area contributed by atoms with Crippen molar-refractivity contribution in [3.8, 4) is 11.5 Å². The number of Topliss-reactive ketones (excluding diaryl/α,β-unsaturated/α-hetero) is 1. The first kappa shape index (κ1) is 21.6. The summed E-state index contributed by atoms with van der Waals surface area (Å²) in [4.78, 5) is 53.7. The van der Waals surface area contributed by atoms with Crippen LogP contribution in [-0.2, 0) is 14.4 Å². The standard InChI is InChI=1S/C24H21N3O7/c1-12(28)22-21-20(17-7-4-13-10-15(33-2)6-8-16(13)25(17)22)23(29)26(24(21)30)18-11-14(27(31)32)5-9-19(18)34-3/h4-11,17,20-22H,1-3H3/t17-,20-,21+,22-/m1/s1. The summed E-state index contributed by atoms with van der Waals surface area (Å²) in [5.74, 6) is -2.30. The van der Waals surface area contributed by atoms with Gasteiger partial charge in [-0.2, -0.15) is 0 Å². The summed E-state index contributed by atoms with van der Waals surface area (Å²) in [6, 6.07) is 7.77. The molecule has 0 saturated carbocycles. The van der Waals surface area contributed by atoms with Crippen LogP contribution in [0.15, 0.2) is 42.5 Å². The largest absolute Gasteiger partial charge is 0.497 e. The molecule has 2 fully saturated rings. The third-order valence-electron chi connectivity index (χ3n) is 6.74. The summed E-state index contributed by atoms with van der Waals surface area (Å²) in [6.45, 7) is 1.40. The average molecular weight is 463 g/mol. The molecule has 3 aliphatic rings. The maximum absolute atomic E-state index is 13.7. The number of hydrogen-bond donors (Lipinski definition) is 0. The topological polar surface area (TPSA) is 119 Å². The maximum Gasteiger partial charge on any atom is 0.271 e. The Morgan fingerprint density at radius 2 is 1.74 bits per heavy atom. The van der Waals surface area contributed by atoms with Gasteiger partial charge in [0.2, 0.25) is 11.8 Å².